The number of rotatable bonds is 6. The molecule has 3 heterocycles. The number of aromatic nitrogens is 4. The van der Waals surface area contributed by atoms with Crippen molar-refractivity contribution >= 4 is 5.91 Å². The number of hydrogen-bond acceptors (Lipinski definition) is 4. The van der Waals surface area contributed by atoms with Crippen LogP contribution in [0.4, 0.5) is 0 Å². The zero-order valence-electron chi connectivity index (χ0n) is 17.3. The average Bonchev–Trinajstić information content (AvgIpc) is 3.26. The lowest BCUT2D eigenvalue weighted by molar-refractivity contribution is 0.0942. The van der Waals surface area contributed by atoms with E-state index in [2.05, 4.69) is 34.1 Å². The lowest BCUT2D eigenvalue weighted by Crippen LogP contribution is -2.32. The molecule has 0 aliphatic carbocycles. The van der Waals surface area contributed by atoms with E-state index in [-0.39, 0.29) is 5.91 Å². The van der Waals surface area contributed by atoms with E-state index in [1.165, 1.54) is 0 Å². The molecule has 0 radical (unpaired) electrons. The monoisotopic (exact) mass is 392 g/mol. The molecular formula is C22H28N6O. The van der Waals surface area contributed by atoms with Gasteiger partial charge in [-0.1, -0.05) is 37.3 Å². The third-order valence-corrected chi connectivity index (χ3v) is 5.58. The Hall–Kier alpha value is -2.93. The quantitative estimate of drug-likeness (QED) is 0.676. The number of H-pyrrole nitrogens is 1. The number of nitrogens with zero attached hydrogens (tertiary/aromatic N) is 4. The van der Waals surface area contributed by atoms with E-state index in [1.807, 2.05) is 42.1 Å². The summed E-state index contributed by atoms with van der Waals surface area (Å²) in [4.78, 5) is 23.2. The summed E-state index contributed by atoms with van der Waals surface area (Å²) in [7, 11) is 1.92. The number of benzene rings is 1. The topological polar surface area (TPSA) is 78.8 Å². The first-order valence-corrected chi connectivity index (χ1v) is 10.2. The van der Waals surface area contributed by atoms with Crippen LogP contribution in [0, 0.1) is 6.92 Å². The van der Waals surface area contributed by atoms with Crippen molar-refractivity contribution in [3.8, 4) is 0 Å². The third kappa shape index (κ3) is 4.10. The fourth-order valence-electron chi connectivity index (χ4n) is 3.92. The first-order valence-electron chi connectivity index (χ1n) is 10.2. The molecule has 7 nitrogen and oxygen atoms in total. The molecule has 1 aliphatic rings. The van der Waals surface area contributed by atoms with Gasteiger partial charge in [0.15, 0.2) is 5.69 Å². The molecule has 0 bridgehead atoms. The summed E-state index contributed by atoms with van der Waals surface area (Å²) in [5, 5.41) is 7.55. The molecule has 0 saturated heterocycles. The van der Waals surface area contributed by atoms with Crippen LogP contribution in [0.1, 0.15) is 51.4 Å². The molecule has 29 heavy (non-hydrogen) atoms. The van der Waals surface area contributed by atoms with Gasteiger partial charge in [-0.15, -0.1) is 0 Å². The van der Waals surface area contributed by atoms with Crippen molar-refractivity contribution in [1.82, 2.24) is 30.0 Å². The molecule has 1 aromatic carbocycles. The van der Waals surface area contributed by atoms with Gasteiger partial charge < -0.3 is 10.3 Å². The molecule has 0 spiro atoms. The van der Waals surface area contributed by atoms with Crippen molar-refractivity contribution in [3.63, 3.8) is 0 Å². The molecule has 3 aromatic rings. The number of nitrogens with one attached hydrogen (secondary N) is 2. The zero-order valence-corrected chi connectivity index (χ0v) is 17.3. The maximum absolute atomic E-state index is 12.8. The molecule has 0 saturated carbocycles. The van der Waals surface area contributed by atoms with Gasteiger partial charge in [-0.3, -0.25) is 14.4 Å². The molecule has 1 aliphatic heterocycles. The van der Waals surface area contributed by atoms with Crippen molar-refractivity contribution in [2.24, 2.45) is 7.05 Å². The van der Waals surface area contributed by atoms with Gasteiger partial charge in [0.1, 0.15) is 5.82 Å². The minimum absolute atomic E-state index is 0.114. The van der Waals surface area contributed by atoms with Gasteiger partial charge in [0.25, 0.3) is 5.91 Å². The number of fused-ring (bicyclic) bond motifs is 1. The number of imidazole rings is 1. The Morgan fingerprint density at radius 3 is 2.79 bits per heavy atom. The Morgan fingerprint density at radius 2 is 2.07 bits per heavy atom. The average molecular weight is 393 g/mol. The lowest BCUT2D eigenvalue weighted by Gasteiger charge is -2.27. The van der Waals surface area contributed by atoms with Crippen LogP contribution in [0.5, 0.6) is 0 Å². The number of hydrogen-bond donors (Lipinski definition) is 2. The summed E-state index contributed by atoms with van der Waals surface area (Å²) < 4.78 is 1.86. The summed E-state index contributed by atoms with van der Waals surface area (Å²) in [5.74, 6) is 0.911. The van der Waals surface area contributed by atoms with E-state index in [4.69, 9.17) is 4.98 Å². The summed E-state index contributed by atoms with van der Waals surface area (Å²) >= 11 is 0. The van der Waals surface area contributed by atoms with Crippen LogP contribution in [-0.4, -0.2) is 37.1 Å². The van der Waals surface area contributed by atoms with Gasteiger partial charge in [0.05, 0.1) is 5.69 Å². The normalized spacial score (nSPS) is 14.0. The predicted molar refractivity (Wildman–Crippen MR) is 111 cm³/mol. The molecule has 152 valence electrons. The number of aryl methyl sites for hydroxylation is 3. The summed E-state index contributed by atoms with van der Waals surface area (Å²) in [6.45, 7) is 7.10. The van der Waals surface area contributed by atoms with Gasteiger partial charge >= 0.3 is 0 Å². The largest absolute Gasteiger partial charge is 0.347 e. The van der Waals surface area contributed by atoms with Gasteiger partial charge in [-0.05, 0) is 12.5 Å². The Kier molecular flexibility index (Phi) is 5.49. The highest BCUT2D eigenvalue weighted by atomic mass is 16.1. The summed E-state index contributed by atoms with van der Waals surface area (Å²) in [6.07, 6.45) is 1.79. The minimum Gasteiger partial charge on any atom is -0.347 e. The molecule has 2 N–H and O–H groups in total. The van der Waals surface area contributed by atoms with Crippen molar-refractivity contribution < 1.29 is 4.79 Å². The SMILES string of the molecule is CCc1nc(CN2CCc3c(c(C(=O)NCc4ccccc4)nn3C)C2)c(C)[nH]1. The lowest BCUT2D eigenvalue weighted by atomic mass is 10.0. The molecule has 0 atom stereocenters. The Bertz CT molecular complexity index is 1000. The fourth-order valence-corrected chi connectivity index (χ4v) is 3.92. The molecule has 4 rings (SSSR count). The molecule has 1 amide bonds. The van der Waals surface area contributed by atoms with E-state index < -0.39 is 0 Å². The standard InChI is InChI=1S/C22H28N6O/c1-4-20-24-15(2)18(25-20)14-28-11-10-19-17(13-28)21(26-27(19)3)22(29)23-12-16-8-6-5-7-9-16/h5-9H,4,10-14H2,1-3H3,(H,23,29)(H,24,25). The van der Waals surface area contributed by atoms with Crippen LogP contribution in [0.2, 0.25) is 0 Å². The van der Waals surface area contributed by atoms with Crippen LogP contribution in [-0.2, 0) is 39.5 Å². The number of amides is 1. The first-order chi connectivity index (χ1) is 14.0. The van der Waals surface area contributed by atoms with Gasteiger partial charge in [0, 0.05) is 63.0 Å². The van der Waals surface area contributed by atoms with Crippen LogP contribution in [0.25, 0.3) is 0 Å². The van der Waals surface area contributed by atoms with Crippen molar-refractivity contribution in [2.45, 2.75) is 46.3 Å². The van der Waals surface area contributed by atoms with E-state index >= 15 is 0 Å². The zero-order chi connectivity index (χ0) is 20.4. The van der Waals surface area contributed by atoms with E-state index in [0.29, 0.717) is 18.8 Å². The van der Waals surface area contributed by atoms with Crippen LogP contribution in [0.3, 0.4) is 0 Å². The molecule has 0 fully saturated rings. The highest BCUT2D eigenvalue weighted by molar-refractivity contribution is 5.94. The van der Waals surface area contributed by atoms with E-state index in [9.17, 15) is 4.79 Å². The van der Waals surface area contributed by atoms with Crippen LogP contribution < -0.4 is 5.32 Å². The van der Waals surface area contributed by atoms with Crippen LogP contribution >= 0.6 is 0 Å². The summed E-state index contributed by atoms with van der Waals surface area (Å²) in [6, 6.07) is 9.94. The maximum atomic E-state index is 12.8. The van der Waals surface area contributed by atoms with E-state index in [1.54, 1.807) is 0 Å². The molecule has 0 unspecified atom stereocenters. The fraction of sp³-hybridized carbons (Fsp3) is 0.409. The number of aromatic amines is 1. The molecular weight excluding hydrogens is 364 g/mol. The molecule has 2 aromatic heterocycles. The van der Waals surface area contributed by atoms with Gasteiger partial charge in [-0.25, -0.2) is 4.98 Å². The number of carbonyl (C=O) groups excluding carboxylic acids is 1. The van der Waals surface area contributed by atoms with Gasteiger partial charge in [0.2, 0.25) is 0 Å². The second kappa shape index (κ2) is 8.21. The highest BCUT2D eigenvalue weighted by Gasteiger charge is 2.27. The summed E-state index contributed by atoms with van der Waals surface area (Å²) in [5.41, 5.74) is 6.01. The second-order valence-corrected chi connectivity index (χ2v) is 7.64. The van der Waals surface area contributed by atoms with Gasteiger partial charge in [-0.2, -0.15) is 5.10 Å². The number of carbonyl (C=O) groups is 1. The Morgan fingerprint density at radius 1 is 1.28 bits per heavy atom. The Labute approximate surface area is 171 Å². The van der Waals surface area contributed by atoms with Crippen molar-refractivity contribution in [3.05, 3.63) is 70.1 Å². The van der Waals surface area contributed by atoms with Crippen LogP contribution in [0.15, 0.2) is 30.3 Å². The minimum atomic E-state index is -0.114. The molecule has 7 heteroatoms. The smallest absolute Gasteiger partial charge is 0.272 e. The Balaban J connectivity index is 1.48. The van der Waals surface area contributed by atoms with Crippen molar-refractivity contribution in [2.75, 3.05) is 6.54 Å². The predicted octanol–water partition coefficient (Wildman–Crippen LogP) is 2.50. The third-order valence-electron chi connectivity index (χ3n) is 5.58. The highest BCUT2D eigenvalue weighted by Crippen LogP contribution is 2.24. The maximum Gasteiger partial charge on any atom is 0.272 e. The second-order valence-electron chi connectivity index (χ2n) is 7.64. The van der Waals surface area contributed by atoms with E-state index in [0.717, 1.165) is 60.0 Å². The first kappa shape index (κ1) is 19.4. The van der Waals surface area contributed by atoms with Crippen molar-refractivity contribution in [1.29, 1.82) is 0 Å².